The molecule has 1 fully saturated rings. The average molecular weight is 682 g/mol. The third-order valence-electron chi connectivity index (χ3n) is 7.71. The Kier molecular flexibility index (Phi) is 15.5. The molecule has 17 heteroatoms. The van der Waals surface area contributed by atoms with E-state index < -0.39 is 53.7 Å². The highest BCUT2D eigenvalue weighted by Crippen LogP contribution is 2.09. The third-order valence-corrected chi connectivity index (χ3v) is 7.71. The van der Waals surface area contributed by atoms with Gasteiger partial charge in [-0.15, -0.1) is 0 Å². The van der Waals surface area contributed by atoms with Crippen molar-refractivity contribution >= 4 is 41.4 Å². The number of guanidine groups is 1. The first-order valence-electron chi connectivity index (χ1n) is 16.3. The van der Waals surface area contributed by atoms with Gasteiger partial charge in [0.2, 0.25) is 35.4 Å². The largest absolute Gasteiger partial charge is 0.370 e. The maximum absolute atomic E-state index is 13.9. The van der Waals surface area contributed by atoms with Crippen LogP contribution in [0.25, 0.3) is 0 Å². The standard InChI is InChI=1S/C32H47N11O6/c1-20(44)40-24-11-12-27(45)36-13-5-6-14-37-28(46)23(10-7-15-38-32(33)34)41-30(48)25(16-21-8-3-2-4-9-21)42-31(49)26(43-29(24)47)17-22-18-35-19-39-22/h2-4,8-9,18-19,23-26H,5-7,10-17H2,1H3,(H,35,39)(H,36,45)(H,37,46)(H,40,44)(H,41,48)(H,42,49)(H,43,47)(H4,33,34,38)/t23-,24-,25+,26-/m0/s1. The number of hydrogen-bond donors (Lipinski definition) is 10. The molecule has 0 spiro atoms. The SMILES string of the molecule is CC(=O)N[C@H]1CCC(=O)NCCCCNC(=O)[C@H](CCCNC(=N)N)NC(=O)[C@@H](Cc2ccccc2)NC(=O)[C@H](Cc2c[nH]cn2)NC1=O. The molecule has 1 aliphatic heterocycles. The summed E-state index contributed by atoms with van der Waals surface area (Å²) in [7, 11) is 0. The van der Waals surface area contributed by atoms with E-state index in [0.29, 0.717) is 38.0 Å². The van der Waals surface area contributed by atoms with E-state index in [4.69, 9.17) is 11.1 Å². The zero-order valence-electron chi connectivity index (χ0n) is 27.6. The summed E-state index contributed by atoms with van der Waals surface area (Å²) in [6, 6.07) is 4.53. The van der Waals surface area contributed by atoms with Crippen LogP contribution in [0.15, 0.2) is 42.9 Å². The van der Waals surface area contributed by atoms with Gasteiger partial charge in [0.15, 0.2) is 5.96 Å². The Morgan fingerprint density at radius 3 is 2.20 bits per heavy atom. The van der Waals surface area contributed by atoms with Crippen molar-refractivity contribution in [2.24, 2.45) is 5.73 Å². The van der Waals surface area contributed by atoms with Crippen LogP contribution in [-0.2, 0) is 41.6 Å². The zero-order chi connectivity index (χ0) is 35.6. The van der Waals surface area contributed by atoms with Gasteiger partial charge < -0.3 is 47.9 Å². The van der Waals surface area contributed by atoms with E-state index in [1.165, 1.54) is 13.3 Å². The number of benzene rings is 1. The molecular formula is C32H47N11O6. The number of aromatic amines is 1. The number of carbonyl (C=O) groups is 6. The Bertz CT molecular complexity index is 1420. The molecule has 2 aromatic rings. The van der Waals surface area contributed by atoms with E-state index in [2.05, 4.69) is 47.2 Å². The Labute approximate surface area is 284 Å². The van der Waals surface area contributed by atoms with Crippen LogP contribution in [0.1, 0.15) is 56.7 Å². The fraction of sp³-hybridized carbons (Fsp3) is 0.500. The van der Waals surface area contributed by atoms with E-state index in [9.17, 15) is 28.8 Å². The predicted octanol–water partition coefficient (Wildman–Crippen LogP) is -1.78. The zero-order valence-corrected chi connectivity index (χ0v) is 27.6. The molecule has 3 rings (SSSR count). The molecule has 11 N–H and O–H groups in total. The van der Waals surface area contributed by atoms with Crippen molar-refractivity contribution in [3.8, 4) is 0 Å². The molecule has 266 valence electrons. The van der Waals surface area contributed by atoms with E-state index >= 15 is 0 Å². The van der Waals surface area contributed by atoms with E-state index in [-0.39, 0.29) is 50.5 Å². The summed E-state index contributed by atoms with van der Waals surface area (Å²) in [5, 5.41) is 26.4. The van der Waals surface area contributed by atoms with Gasteiger partial charge in [-0.3, -0.25) is 34.2 Å². The van der Waals surface area contributed by atoms with Crippen LogP contribution < -0.4 is 43.0 Å². The number of aromatic nitrogens is 2. The van der Waals surface area contributed by atoms with Gasteiger partial charge in [-0.1, -0.05) is 30.3 Å². The lowest BCUT2D eigenvalue weighted by Crippen LogP contribution is -2.59. The molecule has 1 saturated heterocycles. The number of H-pyrrole nitrogens is 1. The average Bonchev–Trinajstić information content (AvgIpc) is 3.58. The van der Waals surface area contributed by atoms with Crippen molar-refractivity contribution in [2.45, 2.75) is 82.5 Å². The molecule has 17 nitrogen and oxygen atoms in total. The highest BCUT2D eigenvalue weighted by atomic mass is 16.2. The normalized spacial score (nSPS) is 21.9. The number of carbonyl (C=O) groups excluding carboxylic acids is 6. The lowest BCUT2D eigenvalue weighted by molar-refractivity contribution is -0.134. The predicted molar refractivity (Wildman–Crippen MR) is 179 cm³/mol. The number of amides is 6. The van der Waals surface area contributed by atoms with Crippen LogP contribution >= 0.6 is 0 Å². The number of nitrogens with two attached hydrogens (primary N) is 1. The van der Waals surface area contributed by atoms with Crippen molar-refractivity contribution < 1.29 is 28.8 Å². The molecule has 6 amide bonds. The summed E-state index contributed by atoms with van der Waals surface area (Å²) in [4.78, 5) is 86.0. The van der Waals surface area contributed by atoms with E-state index in [1.807, 2.05) is 6.07 Å². The Morgan fingerprint density at radius 1 is 0.898 bits per heavy atom. The number of nitrogens with one attached hydrogen (secondary N) is 9. The van der Waals surface area contributed by atoms with Crippen LogP contribution in [0, 0.1) is 5.41 Å². The first kappa shape index (κ1) is 38.0. The van der Waals surface area contributed by atoms with E-state index in [1.54, 1.807) is 30.5 Å². The molecule has 0 aliphatic carbocycles. The fourth-order valence-corrected chi connectivity index (χ4v) is 5.19. The first-order chi connectivity index (χ1) is 23.5. The van der Waals surface area contributed by atoms with Gasteiger partial charge in [0, 0.05) is 52.0 Å². The Hall–Kier alpha value is -5.48. The minimum atomic E-state index is -1.23. The fourth-order valence-electron chi connectivity index (χ4n) is 5.19. The van der Waals surface area contributed by atoms with Gasteiger partial charge in [0.1, 0.15) is 24.2 Å². The van der Waals surface area contributed by atoms with Crippen molar-refractivity contribution in [2.75, 3.05) is 19.6 Å². The van der Waals surface area contributed by atoms with Gasteiger partial charge in [-0.25, -0.2) is 4.98 Å². The number of imidazole rings is 1. The quantitative estimate of drug-likeness (QED) is 0.0814. The van der Waals surface area contributed by atoms with Crippen molar-refractivity contribution in [1.82, 2.24) is 47.2 Å². The summed E-state index contributed by atoms with van der Waals surface area (Å²) in [5.74, 6) is -3.46. The number of rotatable bonds is 9. The summed E-state index contributed by atoms with van der Waals surface area (Å²) in [6.07, 6.45) is 4.62. The molecular weight excluding hydrogens is 634 g/mol. The summed E-state index contributed by atoms with van der Waals surface area (Å²) >= 11 is 0. The van der Waals surface area contributed by atoms with Gasteiger partial charge in [0.25, 0.3) is 0 Å². The van der Waals surface area contributed by atoms with Crippen molar-refractivity contribution in [3.05, 3.63) is 54.1 Å². The van der Waals surface area contributed by atoms with Crippen LogP contribution in [-0.4, -0.2) is 95.2 Å². The molecule has 4 atom stereocenters. The summed E-state index contributed by atoms with van der Waals surface area (Å²) < 4.78 is 0. The van der Waals surface area contributed by atoms with Gasteiger partial charge in [-0.2, -0.15) is 0 Å². The smallest absolute Gasteiger partial charge is 0.243 e. The second kappa shape index (κ2) is 20.0. The molecule has 0 radical (unpaired) electrons. The van der Waals surface area contributed by atoms with Crippen molar-refractivity contribution in [3.63, 3.8) is 0 Å². The molecule has 49 heavy (non-hydrogen) atoms. The molecule has 0 bridgehead atoms. The molecule has 1 aromatic heterocycles. The van der Waals surface area contributed by atoms with Crippen LogP contribution in [0.5, 0.6) is 0 Å². The number of nitrogens with zero attached hydrogens (tertiary/aromatic N) is 1. The van der Waals surface area contributed by atoms with Crippen molar-refractivity contribution in [1.29, 1.82) is 5.41 Å². The van der Waals surface area contributed by atoms with E-state index in [0.717, 1.165) is 5.56 Å². The lowest BCUT2D eigenvalue weighted by atomic mass is 10.0. The van der Waals surface area contributed by atoms with Crippen LogP contribution in [0.4, 0.5) is 0 Å². The Morgan fingerprint density at radius 2 is 1.55 bits per heavy atom. The van der Waals surface area contributed by atoms with Gasteiger partial charge >= 0.3 is 0 Å². The molecule has 1 aromatic carbocycles. The monoisotopic (exact) mass is 681 g/mol. The molecule has 0 saturated carbocycles. The topological polar surface area (TPSA) is 265 Å². The lowest BCUT2D eigenvalue weighted by Gasteiger charge is -2.26. The Balaban J connectivity index is 1.93. The highest BCUT2D eigenvalue weighted by molar-refractivity contribution is 5.95. The summed E-state index contributed by atoms with van der Waals surface area (Å²) in [5.41, 5.74) is 6.56. The van der Waals surface area contributed by atoms with Gasteiger partial charge in [-0.05, 0) is 37.7 Å². The summed E-state index contributed by atoms with van der Waals surface area (Å²) in [6.45, 7) is 2.16. The molecule has 1 aliphatic rings. The third kappa shape index (κ3) is 14.0. The second-order valence-corrected chi connectivity index (χ2v) is 11.8. The minimum absolute atomic E-state index is 0.0214. The molecule has 2 heterocycles. The maximum atomic E-state index is 13.9. The van der Waals surface area contributed by atoms with Crippen LogP contribution in [0.3, 0.4) is 0 Å². The maximum Gasteiger partial charge on any atom is 0.243 e. The first-order valence-corrected chi connectivity index (χ1v) is 16.3. The number of hydrogen-bond acceptors (Lipinski definition) is 8. The molecule has 0 unspecified atom stereocenters. The second-order valence-electron chi connectivity index (χ2n) is 11.8. The van der Waals surface area contributed by atoms with Gasteiger partial charge in [0.05, 0.1) is 12.0 Å². The highest BCUT2D eigenvalue weighted by Gasteiger charge is 2.32. The van der Waals surface area contributed by atoms with Crippen LogP contribution in [0.2, 0.25) is 0 Å². The minimum Gasteiger partial charge on any atom is -0.370 e.